The fraction of sp³-hybridized carbons (Fsp3) is 0.364. The second-order valence-corrected chi connectivity index (χ2v) is 5.07. The molecule has 6 heteroatoms. The van der Waals surface area contributed by atoms with Crippen LogP contribution < -0.4 is 5.84 Å². The molecule has 0 radical (unpaired) electrons. The van der Waals surface area contributed by atoms with E-state index in [0.717, 1.165) is 16.7 Å². The van der Waals surface area contributed by atoms with Crippen molar-refractivity contribution in [3.63, 3.8) is 0 Å². The first-order valence-electron chi connectivity index (χ1n) is 5.56. The van der Waals surface area contributed by atoms with Crippen LogP contribution in [-0.2, 0) is 5.75 Å². The molecule has 0 saturated heterocycles. The smallest absolute Gasteiger partial charge is 0.210 e. The molecule has 1 saturated carbocycles. The molecule has 1 aliphatic rings. The predicted molar refractivity (Wildman–Crippen MR) is 65.9 cm³/mol. The molecule has 1 aliphatic carbocycles. The van der Waals surface area contributed by atoms with Gasteiger partial charge in [0.25, 0.3) is 0 Å². The van der Waals surface area contributed by atoms with Crippen molar-refractivity contribution in [1.82, 2.24) is 19.9 Å². The Hall–Kier alpha value is -1.56. The number of nitrogen functional groups attached to an aromatic ring is 1. The van der Waals surface area contributed by atoms with E-state index in [-0.39, 0.29) is 0 Å². The summed E-state index contributed by atoms with van der Waals surface area (Å²) in [6.45, 7) is 0. The number of nitrogens with zero attached hydrogens (tertiary/aromatic N) is 4. The predicted octanol–water partition coefficient (Wildman–Crippen LogP) is 1.56. The minimum Gasteiger partial charge on any atom is -0.336 e. The molecule has 3 rings (SSSR count). The average Bonchev–Trinajstić information content (AvgIpc) is 3.13. The summed E-state index contributed by atoms with van der Waals surface area (Å²) in [4.78, 5) is 3.99. The quantitative estimate of drug-likeness (QED) is 0.656. The van der Waals surface area contributed by atoms with Crippen molar-refractivity contribution in [2.75, 3.05) is 5.84 Å². The lowest BCUT2D eigenvalue weighted by atomic mass is 10.3. The van der Waals surface area contributed by atoms with Crippen molar-refractivity contribution in [1.29, 1.82) is 0 Å². The molecular weight excluding hydrogens is 234 g/mol. The van der Waals surface area contributed by atoms with E-state index in [0.29, 0.717) is 5.92 Å². The molecule has 0 bridgehead atoms. The highest BCUT2D eigenvalue weighted by Gasteiger charge is 2.29. The molecular formula is C11H13N5S. The maximum absolute atomic E-state index is 5.97. The lowest BCUT2D eigenvalue weighted by molar-refractivity contribution is 0.790. The summed E-state index contributed by atoms with van der Waals surface area (Å²) < 4.78 is 1.63. The molecule has 0 aromatic carbocycles. The van der Waals surface area contributed by atoms with Gasteiger partial charge in [0.2, 0.25) is 5.16 Å². The third-order valence-corrected chi connectivity index (χ3v) is 3.76. The number of nitrogens with two attached hydrogens (primary N) is 1. The van der Waals surface area contributed by atoms with Gasteiger partial charge in [-0.1, -0.05) is 11.8 Å². The van der Waals surface area contributed by atoms with Crippen LogP contribution in [0.3, 0.4) is 0 Å². The zero-order chi connectivity index (χ0) is 11.7. The Balaban J connectivity index is 1.69. The molecule has 0 atom stereocenters. The number of aromatic nitrogens is 4. The summed E-state index contributed by atoms with van der Waals surface area (Å²) in [6, 6.07) is 3.98. The molecule has 2 N–H and O–H groups in total. The molecule has 0 unspecified atom stereocenters. The van der Waals surface area contributed by atoms with Gasteiger partial charge >= 0.3 is 0 Å². The number of hydrogen-bond acceptors (Lipinski definition) is 5. The van der Waals surface area contributed by atoms with E-state index in [4.69, 9.17) is 5.84 Å². The Kier molecular flexibility index (Phi) is 2.72. The largest absolute Gasteiger partial charge is 0.336 e. The lowest BCUT2D eigenvalue weighted by Gasteiger charge is -2.02. The van der Waals surface area contributed by atoms with Crippen LogP contribution in [0.1, 0.15) is 30.1 Å². The lowest BCUT2D eigenvalue weighted by Crippen LogP contribution is -2.13. The van der Waals surface area contributed by atoms with E-state index >= 15 is 0 Å². The first-order chi connectivity index (χ1) is 8.34. The molecule has 5 nitrogen and oxygen atoms in total. The normalized spacial score (nSPS) is 15.1. The Morgan fingerprint density at radius 2 is 2.06 bits per heavy atom. The van der Waals surface area contributed by atoms with Crippen molar-refractivity contribution in [3.05, 3.63) is 35.9 Å². The molecule has 2 aromatic heterocycles. The summed E-state index contributed by atoms with van der Waals surface area (Å²) in [5.41, 5.74) is 1.21. The van der Waals surface area contributed by atoms with Crippen molar-refractivity contribution < 1.29 is 0 Å². The number of hydrogen-bond donors (Lipinski definition) is 1. The summed E-state index contributed by atoms with van der Waals surface area (Å²) in [6.07, 6.45) is 5.95. The van der Waals surface area contributed by atoms with E-state index in [9.17, 15) is 0 Å². The van der Waals surface area contributed by atoms with Gasteiger partial charge in [-0.2, -0.15) is 0 Å². The van der Waals surface area contributed by atoms with Crippen molar-refractivity contribution in [2.45, 2.75) is 29.7 Å². The number of rotatable bonds is 4. The average molecular weight is 247 g/mol. The standard InChI is InChI=1S/C11H13N5S/c12-16-10(9-1-2-9)14-15-11(16)17-7-8-3-5-13-6-4-8/h3-6,9H,1-2,7,12H2. The third-order valence-electron chi connectivity index (χ3n) is 2.75. The highest BCUT2D eigenvalue weighted by atomic mass is 32.2. The van der Waals surface area contributed by atoms with Gasteiger partial charge in [0, 0.05) is 24.1 Å². The van der Waals surface area contributed by atoms with Gasteiger partial charge in [-0.05, 0) is 30.5 Å². The Morgan fingerprint density at radius 3 is 2.76 bits per heavy atom. The van der Waals surface area contributed by atoms with Gasteiger partial charge in [-0.25, -0.2) is 4.68 Å². The zero-order valence-corrected chi connectivity index (χ0v) is 10.1. The minimum atomic E-state index is 0.530. The number of thioether (sulfide) groups is 1. The molecule has 0 amide bonds. The van der Waals surface area contributed by atoms with E-state index < -0.39 is 0 Å². The number of pyridine rings is 1. The van der Waals surface area contributed by atoms with Crippen molar-refractivity contribution in [2.24, 2.45) is 0 Å². The van der Waals surface area contributed by atoms with E-state index in [2.05, 4.69) is 15.2 Å². The Morgan fingerprint density at radius 1 is 1.29 bits per heavy atom. The molecule has 0 spiro atoms. The van der Waals surface area contributed by atoms with Gasteiger partial charge < -0.3 is 5.84 Å². The van der Waals surface area contributed by atoms with Gasteiger partial charge in [-0.3, -0.25) is 4.98 Å². The van der Waals surface area contributed by atoms with Gasteiger partial charge in [0.15, 0.2) is 5.82 Å². The maximum Gasteiger partial charge on any atom is 0.210 e. The highest BCUT2D eigenvalue weighted by Crippen LogP contribution is 2.39. The van der Waals surface area contributed by atoms with Crippen LogP contribution in [0.4, 0.5) is 0 Å². The fourth-order valence-electron chi connectivity index (χ4n) is 1.63. The van der Waals surface area contributed by atoms with Crippen molar-refractivity contribution >= 4 is 11.8 Å². The van der Waals surface area contributed by atoms with E-state index in [1.807, 2.05) is 12.1 Å². The van der Waals surface area contributed by atoms with Crippen LogP contribution in [0.15, 0.2) is 29.7 Å². The van der Waals surface area contributed by atoms with E-state index in [1.54, 1.807) is 28.8 Å². The third kappa shape index (κ3) is 2.26. The van der Waals surface area contributed by atoms with Crippen LogP contribution >= 0.6 is 11.8 Å². The zero-order valence-electron chi connectivity index (χ0n) is 9.28. The van der Waals surface area contributed by atoms with Crippen LogP contribution in [0, 0.1) is 0 Å². The maximum atomic E-state index is 5.97. The van der Waals surface area contributed by atoms with Gasteiger partial charge in [0.05, 0.1) is 0 Å². The van der Waals surface area contributed by atoms with Crippen LogP contribution in [-0.4, -0.2) is 19.9 Å². The monoisotopic (exact) mass is 247 g/mol. The van der Waals surface area contributed by atoms with E-state index in [1.165, 1.54) is 18.4 Å². The second-order valence-electron chi connectivity index (χ2n) is 4.13. The minimum absolute atomic E-state index is 0.530. The van der Waals surface area contributed by atoms with Crippen molar-refractivity contribution in [3.8, 4) is 0 Å². The summed E-state index contributed by atoms with van der Waals surface area (Å²) >= 11 is 1.60. The summed E-state index contributed by atoms with van der Waals surface area (Å²) in [5.74, 6) is 8.25. The summed E-state index contributed by atoms with van der Waals surface area (Å²) in [5, 5.41) is 9.05. The SMILES string of the molecule is Nn1c(SCc2ccncc2)nnc1C1CC1. The summed E-state index contributed by atoms with van der Waals surface area (Å²) in [7, 11) is 0. The molecule has 88 valence electrons. The second kappa shape index (κ2) is 4.37. The highest BCUT2D eigenvalue weighted by molar-refractivity contribution is 7.98. The molecule has 2 heterocycles. The molecule has 0 aliphatic heterocycles. The first kappa shape index (κ1) is 10.6. The molecule has 17 heavy (non-hydrogen) atoms. The van der Waals surface area contributed by atoms with Crippen LogP contribution in [0.25, 0.3) is 0 Å². The van der Waals surface area contributed by atoms with Crippen LogP contribution in [0.2, 0.25) is 0 Å². The topological polar surface area (TPSA) is 69.6 Å². The fourth-order valence-corrected chi connectivity index (χ4v) is 2.45. The van der Waals surface area contributed by atoms with Gasteiger partial charge in [0.1, 0.15) is 0 Å². The molecule has 1 fully saturated rings. The van der Waals surface area contributed by atoms with Gasteiger partial charge in [-0.15, -0.1) is 10.2 Å². The van der Waals surface area contributed by atoms with Crippen LogP contribution in [0.5, 0.6) is 0 Å². The molecule has 2 aromatic rings. The first-order valence-corrected chi connectivity index (χ1v) is 6.55. The Bertz CT molecular complexity index is 506. The Labute approximate surface area is 103 Å².